The van der Waals surface area contributed by atoms with E-state index in [9.17, 15) is 18.0 Å². The van der Waals surface area contributed by atoms with Crippen LogP contribution in [0.3, 0.4) is 0 Å². The zero-order valence-corrected chi connectivity index (χ0v) is 22.9. The third-order valence-electron chi connectivity index (χ3n) is 6.97. The molecular weight excluding hydrogens is 528 g/mol. The van der Waals surface area contributed by atoms with Crippen LogP contribution in [0.15, 0.2) is 51.0 Å². The standard InChI is InChI=1S/C26H29ClN6O4S/c1-15-10-16(2)12-19(11-15)38(36,37)24-20-13-17(27)4-5-21(20)29-23(24)25(34)28-18-6-8-33(9-7-18)14-22-30-31-26(35)32(22)3/h4-5,10-13,18,29H,6-9,14H2,1-3H3,(H,28,34)(H,31,35). The number of aryl methyl sites for hydroxylation is 2. The number of aromatic amines is 2. The molecule has 0 spiro atoms. The number of nitrogens with one attached hydrogen (secondary N) is 3. The Balaban J connectivity index is 1.40. The number of hydrogen-bond donors (Lipinski definition) is 3. The van der Waals surface area contributed by atoms with Gasteiger partial charge in [-0.15, -0.1) is 0 Å². The van der Waals surface area contributed by atoms with E-state index < -0.39 is 15.7 Å². The van der Waals surface area contributed by atoms with Gasteiger partial charge in [-0.05, 0) is 68.1 Å². The predicted molar refractivity (Wildman–Crippen MR) is 144 cm³/mol. The van der Waals surface area contributed by atoms with Crippen LogP contribution in [0.1, 0.15) is 40.3 Å². The number of aromatic nitrogens is 4. The van der Waals surface area contributed by atoms with Crippen LogP contribution in [0.5, 0.6) is 0 Å². The number of carbonyl (C=O) groups is 1. The normalized spacial score (nSPS) is 15.3. The van der Waals surface area contributed by atoms with E-state index in [1.807, 2.05) is 19.9 Å². The highest BCUT2D eigenvalue weighted by atomic mass is 35.5. The molecule has 200 valence electrons. The van der Waals surface area contributed by atoms with Gasteiger partial charge < -0.3 is 10.3 Å². The van der Waals surface area contributed by atoms with Crippen molar-refractivity contribution in [1.29, 1.82) is 0 Å². The molecule has 0 radical (unpaired) electrons. The fraction of sp³-hybridized carbons (Fsp3) is 0.346. The van der Waals surface area contributed by atoms with Crippen LogP contribution in [-0.2, 0) is 23.4 Å². The van der Waals surface area contributed by atoms with Gasteiger partial charge in [0.25, 0.3) is 5.91 Å². The minimum absolute atomic E-state index is 0.00428. The summed E-state index contributed by atoms with van der Waals surface area (Å²) in [6.45, 7) is 5.59. The molecule has 4 aromatic rings. The molecule has 1 aliphatic heterocycles. The van der Waals surface area contributed by atoms with Crippen LogP contribution >= 0.6 is 11.6 Å². The molecule has 1 aliphatic rings. The summed E-state index contributed by atoms with van der Waals surface area (Å²) in [4.78, 5) is 30.4. The molecule has 12 heteroatoms. The minimum Gasteiger partial charge on any atom is -0.349 e. The lowest BCUT2D eigenvalue weighted by Gasteiger charge is -2.31. The van der Waals surface area contributed by atoms with Crippen molar-refractivity contribution in [1.82, 2.24) is 30.0 Å². The van der Waals surface area contributed by atoms with Gasteiger partial charge in [0.05, 0.1) is 11.4 Å². The third kappa shape index (κ3) is 5.01. The minimum atomic E-state index is -4.04. The van der Waals surface area contributed by atoms with E-state index in [-0.39, 0.29) is 27.2 Å². The molecule has 0 atom stereocenters. The second-order valence-corrected chi connectivity index (χ2v) is 12.2. The van der Waals surface area contributed by atoms with Crippen molar-refractivity contribution in [3.63, 3.8) is 0 Å². The summed E-state index contributed by atoms with van der Waals surface area (Å²) < 4.78 is 29.3. The Kier molecular flexibility index (Phi) is 6.93. The fourth-order valence-corrected chi connectivity index (χ4v) is 6.96. The molecule has 0 aliphatic carbocycles. The number of amides is 1. The van der Waals surface area contributed by atoms with E-state index in [4.69, 9.17) is 11.6 Å². The molecule has 0 saturated carbocycles. The summed E-state index contributed by atoms with van der Waals surface area (Å²) in [6.07, 6.45) is 1.35. The average Bonchev–Trinajstić information content (AvgIpc) is 3.40. The van der Waals surface area contributed by atoms with E-state index >= 15 is 0 Å². The maximum atomic E-state index is 13.9. The second kappa shape index (κ2) is 10.0. The number of piperidine rings is 1. The van der Waals surface area contributed by atoms with Crippen LogP contribution in [0, 0.1) is 13.8 Å². The van der Waals surface area contributed by atoms with Crippen molar-refractivity contribution in [2.75, 3.05) is 13.1 Å². The van der Waals surface area contributed by atoms with Gasteiger partial charge >= 0.3 is 5.69 Å². The number of nitrogens with zero attached hydrogens (tertiary/aromatic N) is 3. The van der Waals surface area contributed by atoms with Crippen molar-refractivity contribution in [2.24, 2.45) is 7.05 Å². The average molecular weight is 557 g/mol. The number of carbonyl (C=O) groups excluding carboxylic acids is 1. The van der Waals surface area contributed by atoms with Gasteiger partial charge in [0.2, 0.25) is 9.84 Å². The van der Waals surface area contributed by atoms with Gasteiger partial charge in [0.15, 0.2) is 0 Å². The number of rotatable bonds is 6. The second-order valence-electron chi connectivity index (χ2n) is 9.87. The van der Waals surface area contributed by atoms with Crippen molar-refractivity contribution < 1.29 is 13.2 Å². The molecule has 3 heterocycles. The first-order valence-corrected chi connectivity index (χ1v) is 14.2. The smallest absolute Gasteiger partial charge is 0.343 e. The van der Waals surface area contributed by atoms with Crippen LogP contribution in [-0.4, -0.2) is 58.1 Å². The maximum absolute atomic E-state index is 13.9. The van der Waals surface area contributed by atoms with E-state index in [1.165, 1.54) is 4.57 Å². The Hall–Kier alpha value is -3.41. The van der Waals surface area contributed by atoms with Crippen molar-refractivity contribution in [2.45, 2.75) is 49.1 Å². The van der Waals surface area contributed by atoms with E-state index in [2.05, 4.69) is 25.4 Å². The Labute approximate surface area is 224 Å². The van der Waals surface area contributed by atoms with Gasteiger partial charge in [0.1, 0.15) is 16.4 Å². The molecule has 1 fully saturated rings. The maximum Gasteiger partial charge on any atom is 0.343 e. The quantitative estimate of drug-likeness (QED) is 0.334. The summed E-state index contributed by atoms with van der Waals surface area (Å²) in [5, 5.41) is 10.3. The number of halogens is 1. The van der Waals surface area contributed by atoms with E-state index in [0.717, 1.165) is 11.1 Å². The zero-order valence-electron chi connectivity index (χ0n) is 21.3. The first-order valence-electron chi connectivity index (χ1n) is 12.3. The lowest BCUT2D eigenvalue weighted by molar-refractivity contribution is 0.0900. The monoisotopic (exact) mass is 556 g/mol. The van der Waals surface area contributed by atoms with Crippen LogP contribution in [0.4, 0.5) is 0 Å². The number of likely N-dealkylation sites (tertiary alicyclic amines) is 1. The highest BCUT2D eigenvalue weighted by molar-refractivity contribution is 7.91. The summed E-state index contributed by atoms with van der Waals surface area (Å²) in [5.74, 6) is 0.170. The Morgan fingerprint density at radius 2 is 1.82 bits per heavy atom. The van der Waals surface area contributed by atoms with Crippen molar-refractivity contribution in [3.05, 3.63) is 74.6 Å². The molecule has 2 aromatic heterocycles. The van der Waals surface area contributed by atoms with Crippen LogP contribution in [0.25, 0.3) is 10.9 Å². The molecule has 0 bridgehead atoms. The number of hydrogen-bond acceptors (Lipinski definition) is 6. The molecule has 5 rings (SSSR count). The Bertz CT molecular complexity index is 1680. The lowest BCUT2D eigenvalue weighted by Crippen LogP contribution is -2.45. The Morgan fingerprint density at radius 1 is 1.13 bits per heavy atom. The predicted octanol–water partition coefficient (Wildman–Crippen LogP) is 3.09. The van der Waals surface area contributed by atoms with Crippen LogP contribution in [0.2, 0.25) is 5.02 Å². The highest BCUT2D eigenvalue weighted by Crippen LogP contribution is 2.34. The molecule has 2 aromatic carbocycles. The zero-order chi connectivity index (χ0) is 27.2. The van der Waals surface area contributed by atoms with Crippen molar-refractivity contribution >= 4 is 38.2 Å². The van der Waals surface area contributed by atoms with Gasteiger partial charge in [-0.1, -0.05) is 17.7 Å². The Morgan fingerprint density at radius 3 is 2.45 bits per heavy atom. The number of fused-ring (bicyclic) bond motifs is 1. The van der Waals surface area contributed by atoms with Gasteiger partial charge in [-0.25, -0.2) is 18.3 Å². The summed E-state index contributed by atoms with van der Waals surface area (Å²) >= 11 is 6.23. The fourth-order valence-electron chi connectivity index (χ4n) is 5.00. The summed E-state index contributed by atoms with van der Waals surface area (Å²) in [6, 6.07) is 9.89. The summed E-state index contributed by atoms with van der Waals surface area (Å²) in [7, 11) is -2.37. The van der Waals surface area contributed by atoms with Gasteiger partial charge in [0, 0.05) is 42.1 Å². The largest absolute Gasteiger partial charge is 0.349 e. The topological polar surface area (TPSA) is 133 Å². The highest BCUT2D eigenvalue weighted by Gasteiger charge is 2.31. The van der Waals surface area contributed by atoms with Gasteiger partial charge in [-0.2, -0.15) is 5.10 Å². The molecule has 38 heavy (non-hydrogen) atoms. The molecule has 3 N–H and O–H groups in total. The molecule has 10 nitrogen and oxygen atoms in total. The number of H-pyrrole nitrogens is 2. The first-order chi connectivity index (χ1) is 18.0. The SMILES string of the molecule is Cc1cc(C)cc(S(=O)(=O)c2c(C(=O)NC3CCN(Cc4n[nH]c(=O)n4C)CC3)[nH]c3ccc(Cl)cc23)c1. The third-order valence-corrected chi connectivity index (χ3v) is 9.03. The number of benzene rings is 2. The van der Waals surface area contributed by atoms with Gasteiger partial charge in [-0.3, -0.25) is 14.3 Å². The number of sulfone groups is 1. The van der Waals surface area contributed by atoms with Crippen molar-refractivity contribution in [3.8, 4) is 0 Å². The van der Waals surface area contributed by atoms with Crippen LogP contribution < -0.4 is 11.0 Å². The molecule has 1 saturated heterocycles. The first kappa shape index (κ1) is 26.2. The summed E-state index contributed by atoms with van der Waals surface area (Å²) in [5.41, 5.74) is 1.88. The van der Waals surface area contributed by atoms with E-state index in [0.29, 0.717) is 54.2 Å². The van der Waals surface area contributed by atoms with E-state index in [1.54, 1.807) is 37.4 Å². The molecule has 0 unspecified atom stereocenters. The lowest BCUT2D eigenvalue weighted by atomic mass is 10.0. The molecule has 1 amide bonds. The molecular formula is C26H29ClN6O4S.